The monoisotopic (exact) mass is 440 g/mol. The van der Waals surface area contributed by atoms with Gasteiger partial charge in [-0.05, 0) is 0 Å². The molecule has 0 radical (unpaired) electrons. The minimum atomic E-state index is 0. The third kappa shape index (κ3) is 21.1. The van der Waals surface area contributed by atoms with Gasteiger partial charge in [-0.3, -0.25) is 12.2 Å². The van der Waals surface area contributed by atoms with Crippen LogP contribution in [0.25, 0.3) is 0 Å². The van der Waals surface area contributed by atoms with Gasteiger partial charge in [0, 0.05) is 0 Å². The van der Waals surface area contributed by atoms with E-state index in [2.05, 4.69) is 38.1 Å². The summed E-state index contributed by atoms with van der Waals surface area (Å²) < 4.78 is 0. The zero-order chi connectivity index (χ0) is 9.78. The van der Waals surface area contributed by atoms with Crippen molar-refractivity contribution < 1.29 is 20.5 Å². The molecule has 0 aromatic heterocycles. The maximum absolute atomic E-state index is 2.99. The molecule has 0 aliphatic heterocycles. The molecule has 0 fully saturated rings. The maximum atomic E-state index is 2.99. The standard InChI is InChI=1S/2C5H5.2BrH.2H2Si.Zr/c2*1-2-4-5-3-1;;;;;/h2*1-3H,4H2;2*1H;2*1H2;/q2*-1;;;;;. The van der Waals surface area contributed by atoms with E-state index in [1.165, 1.54) is 0 Å². The van der Waals surface area contributed by atoms with Gasteiger partial charge in [0.25, 0.3) is 0 Å². The Bertz CT molecular complexity index is 223. The van der Waals surface area contributed by atoms with Crippen molar-refractivity contribution in [3.05, 3.63) is 48.6 Å². The van der Waals surface area contributed by atoms with Crippen molar-refractivity contribution in [2.75, 3.05) is 0 Å². The average Bonchev–Trinajstić information content (AvgIpc) is 2.85. The van der Waals surface area contributed by atoms with E-state index in [-0.39, 0.29) is 54.4 Å². The fourth-order valence-corrected chi connectivity index (χ4v) is 0.680. The summed E-state index contributed by atoms with van der Waals surface area (Å²) in [7, 11) is 0. The van der Waals surface area contributed by atoms with Gasteiger partial charge in [-0.2, -0.15) is 12.2 Å². The second-order valence-corrected chi connectivity index (χ2v) is 15.3. The van der Waals surface area contributed by atoms with Gasteiger partial charge in [-0.25, -0.2) is 24.3 Å². The van der Waals surface area contributed by atoms with E-state index in [1.807, 2.05) is 24.3 Å². The van der Waals surface area contributed by atoms with Crippen LogP contribution in [0.15, 0.2) is 36.5 Å². The predicted octanol–water partition coefficient (Wildman–Crippen LogP) is 1.93. The number of allylic oxidation sites excluding steroid dienone is 8. The molecule has 0 atom stereocenters. The second kappa shape index (κ2) is 20.6. The van der Waals surface area contributed by atoms with Gasteiger partial charge in [0.15, 0.2) is 0 Å². The summed E-state index contributed by atoms with van der Waals surface area (Å²) in [6, 6.07) is 0. The van der Waals surface area contributed by atoms with E-state index in [0.29, 0.717) is 0 Å². The van der Waals surface area contributed by atoms with Crippen molar-refractivity contribution in [1.82, 2.24) is 0 Å². The Labute approximate surface area is 128 Å². The molecular formula is C10H16Br2Si2Zr-2. The molecule has 84 valence electrons. The Morgan fingerprint density at radius 3 is 1.27 bits per heavy atom. The van der Waals surface area contributed by atoms with Crippen molar-refractivity contribution >= 4 is 47.7 Å². The fourth-order valence-electron chi connectivity index (χ4n) is 0.680. The van der Waals surface area contributed by atoms with Crippen molar-refractivity contribution in [2.45, 2.75) is 12.8 Å². The molecule has 5 heteroatoms. The van der Waals surface area contributed by atoms with Crippen LogP contribution in [0.5, 0.6) is 0 Å². The average molecular weight is 443 g/mol. The SMILES string of the molecule is Br.Br.[C-]1=CC=CC1.[C-]1=CC=CC1.[SiH2]=[Zr]=[SiH2]. The molecule has 0 N–H and O–H groups in total. The summed E-state index contributed by atoms with van der Waals surface area (Å²) in [6.45, 7) is 4.31. The quantitative estimate of drug-likeness (QED) is 0.397. The normalized spacial score (nSPS) is 12.3. The molecule has 0 nitrogen and oxygen atoms in total. The Morgan fingerprint density at radius 1 is 0.867 bits per heavy atom. The Balaban J connectivity index is -0.000000140. The van der Waals surface area contributed by atoms with Crippen LogP contribution in [-0.4, -0.2) is 13.8 Å². The Hall–Kier alpha value is 1.24. The summed E-state index contributed by atoms with van der Waals surface area (Å²) in [5, 5.41) is 0. The first-order valence-corrected chi connectivity index (χ1v) is 16.0. The van der Waals surface area contributed by atoms with Gasteiger partial charge in [-0.15, -0.1) is 46.8 Å². The van der Waals surface area contributed by atoms with Gasteiger partial charge in [0.2, 0.25) is 0 Å². The molecular weight excluding hydrogens is 427 g/mol. The predicted molar refractivity (Wildman–Crippen MR) is 80.9 cm³/mol. The molecule has 0 spiro atoms. The molecule has 2 aliphatic carbocycles. The zero-order valence-corrected chi connectivity index (χ0v) is 17.3. The van der Waals surface area contributed by atoms with E-state index in [9.17, 15) is 0 Å². The van der Waals surface area contributed by atoms with Crippen LogP contribution < -0.4 is 0 Å². The van der Waals surface area contributed by atoms with E-state index in [0.717, 1.165) is 12.8 Å². The van der Waals surface area contributed by atoms with E-state index >= 15 is 0 Å². The number of hydrogen-bond donors (Lipinski definition) is 0. The summed E-state index contributed by atoms with van der Waals surface area (Å²) >= 11 is 0.286. The Morgan fingerprint density at radius 2 is 1.20 bits per heavy atom. The minimum absolute atomic E-state index is 0. The molecule has 2 aliphatic rings. The molecule has 0 heterocycles. The van der Waals surface area contributed by atoms with Gasteiger partial charge >= 0.3 is 34.2 Å². The molecule has 0 aromatic carbocycles. The van der Waals surface area contributed by atoms with Crippen LogP contribution in [0.3, 0.4) is 0 Å². The topological polar surface area (TPSA) is 0 Å². The summed E-state index contributed by atoms with van der Waals surface area (Å²) in [5.74, 6) is 0. The summed E-state index contributed by atoms with van der Waals surface area (Å²) in [4.78, 5) is 0. The van der Waals surface area contributed by atoms with Crippen LogP contribution >= 0.6 is 34.0 Å². The molecule has 0 unspecified atom stereocenters. The number of rotatable bonds is 0. The second-order valence-electron chi connectivity index (χ2n) is 2.26. The number of halogens is 2. The molecule has 0 saturated carbocycles. The van der Waals surface area contributed by atoms with Crippen LogP contribution in [0.4, 0.5) is 0 Å². The Kier molecular flexibility index (Phi) is 29.6. The van der Waals surface area contributed by atoms with E-state index < -0.39 is 0 Å². The van der Waals surface area contributed by atoms with Crippen molar-refractivity contribution in [1.29, 1.82) is 0 Å². The van der Waals surface area contributed by atoms with Crippen LogP contribution in [0, 0.1) is 12.2 Å². The third-order valence-corrected chi connectivity index (χ3v) is 1.17. The molecule has 0 bridgehead atoms. The van der Waals surface area contributed by atoms with Gasteiger partial charge in [0.05, 0.1) is 0 Å². The third-order valence-electron chi connectivity index (χ3n) is 1.17. The number of hydrogen-bond acceptors (Lipinski definition) is 0. The first-order chi connectivity index (χ1) is 6.41. The molecule has 0 aromatic rings. The van der Waals surface area contributed by atoms with Gasteiger partial charge in [-0.1, -0.05) is 0 Å². The molecule has 15 heavy (non-hydrogen) atoms. The van der Waals surface area contributed by atoms with E-state index in [4.69, 9.17) is 0 Å². The van der Waals surface area contributed by atoms with E-state index in [1.54, 1.807) is 0 Å². The van der Waals surface area contributed by atoms with Gasteiger partial charge in [0.1, 0.15) is 0 Å². The molecule has 2 rings (SSSR count). The van der Waals surface area contributed by atoms with Crippen molar-refractivity contribution in [2.24, 2.45) is 0 Å². The van der Waals surface area contributed by atoms with Crippen LogP contribution in [0.1, 0.15) is 12.8 Å². The summed E-state index contributed by atoms with van der Waals surface area (Å²) in [6.07, 6.45) is 20.0. The first kappa shape index (κ1) is 21.5. The van der Waals surface area contributed by atoms with Crippen LogP contribution in [0.2, 0.25) is 0 Å². The van der Waals surface area contributed by atoms with Crippen molar-refractivity contribution in [3.63, 3.8) is 0 Å². The molecule has 0 saturated heterocycles. The summed E-state index contributed by atoms with van der Waals surface area (Å²) in [5.41, 5.74) is 0. The first-order valence-electron chi connectivity index (χ1n) is 4.14. The molecule has 0 amide bonds. The fraction of sp³-hybridized carbons (Fsp3) is 0.200. The van der Waals surface area contributed by atoms with Gasteiger partial charge < -0.3 is 0 Å². The van der Waals surface area contributed by atoms with Crippen molar-refractivity contribution in [3.8, 4) is 0 Å². The van der Waals surface area contributed by atoms with Crippen LogP contribution in [-0.2, 0) is 20.5 Å². The zero-order valence-electron chi connectivity index (χ0n) is 8.61.